The molecule has 1 aromatic heterocycles. The molecule has 1 aromatic carbocycles. The molecule has 1 heterocycles. The van der Waals surface area contributed by atoms with Crippen LogP contribution in [0.1, 0.15) is 11.1 Å². The molecule has 2 aromatic rings. The van der Waals surface area contributed by atoms with E-state index in [9.17, 15) is 14.0 Å². The van der Waals surface area contributed by atoms with Crippen LogP contribution in [0.3, 0.4) is 0 Å². The molecule has 0 fully saturated rings. The van der Waals surface area contributed by atoms with Crippen LogP contribution in [-0.2, 0) is 11.3 Å². The summed E-state index contributed by atoms with van der Waals surface area (Å²) in [4.78, 5) is 25.5. The quantitative estimate of drug-likeness (QED) is 0.858. The predicted octanol–water partition coefficient (Wildman–Crippen LogP) is 1.53. The van der Waals surface area contributed by atoms with Crippen molar-refractivity contribution in [3.63, 3.8) is 0 Å². The van der Waals surface area contributed by atoms with E-state index in [0.717, 1.165) is 6.08 Å². The number of nitrogens with zero attached hydrogens (tertiary/aromatic N) is 2. The zero-order chi connectivity index (χ0) is 14.5. The molecule has 102 valence electrons. The summed E-state index contributed by atoms with van der Waals surface area (Å²) >= 11 is 0. The molecule has 20 heavy (non-hydrogen) atoms. The van der Waals surface area contributed by atoms with Crippen LogP contribution < -0.4 is 5.69 Å². The Kier molecular flexibility index (Phi) is 4.05. The molecule has 2 rings (SSSR count). The van der Waals surface area contributed by atoms with Gasteiger partial charge >= 0.3 is 11.7 Å². The van der Waals surface area contributed by atoms with Gasteiger partial charge in [-0.15, -0.1) is 0 Å². The Hall–Kier alpha value is -2.76. The molecule has 0 unspecified atom stereocenters. The second-order valence-electron chi connectivity index (χ2n) is 4.09. The van der Waals surface area contributed by atoms with Gasteiger partial charge < -0.3 is 5.11 Å². The van der Waals surface area contributed by atoms with Gasteiger partial charge in [-0.1, -0.05) is 0 Å². The van der Waals surface area contributed by atoms with Crippen molar-refractivity contribution < 1.29 is 14.3 Å². The number of halogens is 1. The number of aromatic nitrogens is 2. The van der Waals surface area contributed by atoms with E-state index < -0.39 is 17.5 Å². The zero-order valence-corrected chi connectivity index (χ0v) is 10.4. The number of carbonyl (C=O) groups is 1. The van der Waals surface area contributed by atoms with Crippen molar-refractivity contribution in [3.8, 4) is 0 Å². The molecule has 0 saturated carbocycles. The van der Waals surface area contributed by atoms with Crippen LogP contribution in [0.5, 0.6) is 0 Å². The summed E-state index contributed by atoms with van der Waals surface area (Å²) in [5.74, 6) is -1.61. The minimum Gasteiger partial charge on any atom is -0.478 e. The molecule has 0 aliphatic heterocycles. The van der Waals surface area contributed by atoms with E-state index in [0.29, 0.717) is 11.1 Å². The molecule has 0 aliphatic rings. The van der Waals surface area contributed by atoms with Crippen LogP contribution in [0.15, 0.2) is 47.5 Å². The highest BCUT2D eigenvalue weighted by Crippen LogP contribution is 2.11. The lowest BCUT2D eigenvalue weighted by atomic mass is 10.1. The first-order chi connectivity index (χ1) is 9.54. The Morgan fingerprint density at radius 2 is 2.20 bits per heavy atom. The Labute approximate surface area is 113 Å². The number of rotatable bonds is 4. The number of benzene rings is 1. The second-order valence-corrected chi connectivity index (χ2v) is 4.09. The molecular weight excluding hydrogens is 263 g/mol. The summed E-state index contributed by atoms with van der Waals surface area (Å²) in [6.45, 7) is 0.165. The van der Waals surface area contributed by atoms with Crippen LogP contribution in [0, 0.1) is 5.82 Å². The SMILES string of the molecule is O=C(O)/C=C/c1cc(F)cc(Cn2cccnc2=O)c1. The van der Waals surface area contributed by atoms with Crippen LogP contribution >= 0.6 is 0 Å². The minimum atomic E-state index is -1.11. The maximum Gasteiger partial charge on any atom is 0.347 e. The van der Waals surface area contributed by atoms with Crippen molar-refractivity contribution in [2.75, 3.05) is 0 Å². The van der Waals surface area contributed by atoms with Crippen molar-refractivity contribution in [3.05, 3.63) is 70.2 Å². The van der Waals surface area contributed by atoms with Gasteiger partial charge in [0.05, 0.1) is 6.54 Å². The third kappa shape index (κ3) is 3.61. The van der Waals surface area contributed by atoms with Crippen LogP contribution in [0.4, 0.5) is 4.39 Å². The summed E-state index contributed by atoms with van der Waals surface area (Å²) < 4.78 is 14.8. The first-order valence-electron chi connectivity index (χ1n) is 5.76. The van der Waals surface area contributed by atoms with E-state index in [1.165, 1.54) is 29.0 Å². The second kappa shape index (κ2) is 5.92. The van der Waals surface area contributed by atoms with E-state index in [2.05, 4.69) is 4.98 Å². The minimum absolute atomic E-state index is 0.165. The molecule has 0 aliphatic carbocycles. The van der Waals surface area contributed by atoms with Crippen molar-refractivity contribution in [1.29, 1.82) is 0 Å². The lowest BCUT2D eigenvalue weighted by Gasteiger charge is -2.06. The maximum atomic E-state index is 13.5. The summed E-state index contributed by atoms with van der Waals surface area (Å²) in [5, 5.41) is 8.55. The zero-order valence-electron chi connectivity index (χ0n) is 10.4. The Balaban J connectivity index is 2.31. The van der Waals surface area contributed by atoms with Gasteiger partial charge in [0.1, 0.15) is 5.82 Å². The highest BCUT2D eigenvalue weighted by atomic mass is 19.1. The van der Waals surface area contributed by atoms with Gasteiger partial charge in [0.2, 0.25) is 0 Å². The smallest absolute Gasteiger partial charge is 0.347 e. The Bertz CT molecular complexity index is 722. The van der Waals surface area contributed by atoms with Gasteiger partial charge in [0.25, 0.3) is 0 Å². The Morgan fingerprint density at radius 3 is 2.90 bits per heavy atom. The number of carboxylic acids is 1. The standard InChI is InChI=1S/C14H11FN2O3/c15-12-7-10(2-3-13(18)19)6-11(8-12)9-17-5-1-4-16-14(17)20/h1-8H,9H2,(H,18,19)/b3-2+. The normalized spacial score (nSPS) is 10.8. The van der Waals surface area contributed by atoms with E-state index in [1.54, 1.807) is 18.3 Å². The fourth-order valence-electron chi connectivity index (χ4n) is 1.73. The lowest BCUT2D eigenvalue weighted by molar-refractivity contribution is -0.131. The summed E-state index contributed by atoms with van der Waals surface area (Å²) in [6.07, 6.45) is 5.15. The molecule has 0 atom stereocenters. The number of carboxylic acid groups (broad SMARTS) is 1. The van der Waals surface area contributed by atoms with Crippen LogP contribution in [0.25, 0.3) is 6.08 Å². The fraction of sp³-hybridized carbons (Fsp3) is 0.0714. The van der Waals surface area contributed by atoms with Gasteiger partial charge in [0, 0.05) is 18.5 Å². The van der Waals surface area contributed by atoms with Crippen molar-refractivity contribution >= 4 is 12.0 Å². The molecule has 1 N–H and O–H groups in total. The van der Waals surface area contributed by atoms with Crippen LogP contribution in [-0.4, -0.2) is 20.6 Å². The summed E-state index contributed by atoms with van der Waals surface area (Å²) in [6, 6.07) is 5.72. The van der Waals surface area contributed by atoms with E-state index >= 15 is 0 Å². The van der Waals surface area contributed by atoms with Gasteiger partial charge in [-0.3, -0.25) is 4.57 Å². The van der Waals surface area contributed by atoms with Gasteiger partial charge in [-0.25, -0.2) is 19.0 Å². The molecule has 0 spiro atoms. The highest BCUT2D eigenvalue weighted by molar-refractivity contribution is 5.85. The van der Waals surface area contributed by atoms with E-state index in [1.807, 2.05) is 0 Å². The average molecular weight is 274 g/mol. The van der Waals surface area contributed by atoms with Gasteiger partial charge in [0.15, 0.2) is 0 Å². The third-order valence-electron chi connectivity index (χ3n) is 2.53. The van der Waals surface area contributed by atoms with Gasteiger partial charge in [-0.2, -0.15) is 0 Å². The van der Waals surface area contributed by atoms with Crippen molar-refractivity contribution in [2.24, 2.45) is 0 Å². The molecule has 6 heteroatoms. The fourth-order valence-corrected chi connectivity index (χ4v) is 1.73. The van der Waals surface area contributed by atoms with Crippen molar-refractivity contribution in [1.82, 2.24) is 9.55 Å². The highest BCUT2D eigenvalue weighted by Gasteiger charge is 2.02. The van der Waals surface area contributed by atoms with E-state index in [-0.39, 0.29) is 6.54 Å². The molecule has 0 radical (unpaired) electrons. The number of hydrogen-bond acceptors (Lipinski definition) is 3. The first kappa shape index (κ1) is 13.7. The summed E-state index contributed by atoms with van der Waals surface area (Å²) in [5.41, 5.74) is 0.531. The molecule has 0 bridgehead atoms. The number of aliphatic carboxylic acids is 1. The third-order valence-corrected chi connectivity index (χ3v) is 2.53. The maximum absolute atomic E-state index is 13.5. The largest absolute Gasteiger partial charge is 0.478 e. The predicted molar refractivity (Wildman–Crippen MR) is 70.7 cm³/mol. The molecule has 5 nitrogen and oxygen atoms in total. The van der Waals surface area contributed by atoms with E-state index in [4.69, 9.17) is 5.11 Å². The lowest BCUT2D eigenvalue weighted by Crippen LogP contribution is -2.21. The van der Waals surface area contributed by atoms with Crippen molar-refractivity contribution in [2.45, 2.75) is 6.54 Å². The molecule has 0 amide bonds. The average Bonchev–Trinajstić information content (AvgIpc) is 2.38. The first-order valence-corrected chi connectivity index (χ1v) is 5.76. The Morgan fingerprint density at radius 1 is 1.40 bits per heavy atom. The summed E-state index contributed by atoms with van der Waals surface area (Å²) in [7, 11) is 0. The monoisotopic (exact) mass is 274 g/mol. The topological polar surface area (TPSA) is 72.2 Å². The molecule has 0 saturated heterocycles. The van der Waals surface area contributed by atoms with Crippen LogP contribution in [0.2, 0.25) is 0 Å². The van der Waals surface area contributed by atoms with Gasteiger partial charge in [-0.05, 0) is 41.5 Å². The molecular formula is C14H11FN2O3. The number of hydrogen-bond donors (Lipinski definition) is 1.